The highest BCUT2D eigenvalue weighted by Crippen LogP contribution is 2.53. The molecule has 3 aliphatic carbocycles. The third-order valence-electron chi connectivity index (χ3n) is 14.4. The Morgan fingerprint density at radius 1 is 0.701 bits per heavy atom. The van der Waals surface area contributed by atoms with Gasteiger partial charge in [0.25, 0.3) is 0 Å². The van der Waals surface area contributed by atoms with Crippen molar-refractivity contribution < 1.29 is 87.0 Å². The molecule has 18 heteroatoms. The van der Waals surface area contributed by atoms with E-state index in [1.165, 1.54) is 30.4 Å². The molecule has 0 bridgehead atoms. The Balaban J connectivity index is 0.843. The zero-order valence-corrected chi connectivity index (χ0v) is 38.2. The second-order valence-electron chi connectivity index (χ2n) is 19.3. The lowest BCUT2D eigenvalue weighted by Crippen LogP contribution is -2.69. The Kier molecular flexibility index (Phi) is 12.9. The van der Waals surface area contributed by atoms with E-state index in [0.717, 1.165) is 6.08 Å². The fourth-order valence-electron chi connectivity index (χ4n) is 10.7. The molecule has 18 nitrogen and oxygen atoms in total. The number of hydrogen-bond donors (Lipinski definition) is 4. The molecule has 3 saturated heterocycles. The predicted molar refractivity (Wildman–Crippen MR) is 229 cm³/mol. The van der Waals surface area contributed by atoms with Gasteiger partial charge in [-0.2, -0.15) is 0 Å². The predicted octanol–water partition coefficient (Wildman–Crippen LogP) is 3.39. The van der Waals surface area contributed by atoms with E-state index in [1.807, 2.05) is 6.92 Å². The van der Waals surface area contributed by atoms with Crippen LogP contribution in [0.5, 0.6) is 5.75 Å². The first-order valence-electron chi connectivity index (χ1n) is 23.1. The maximum Gasteiger partial charge on any atom is 0.198 e. The lowest BCUT2D eigenvalue weighted by molar-refractivity contribution is -0.292. The minimum atomic E-state index is -2.83. The molecule has 1 aromatic carbocycles. The summed E-state index contributed by atoms with van der Waals surface area (Å²) in [5.41, 5.74) is -8.05. The number of ketones is 5. The number of rotatable bonds is 9. The molecule has 1 aromatic rings. The number of hydrogen-bond acceptors (Lipinski definition) is 18. The van der Waals surface area contributed by atoms with Crippen LogP contribution in [0.15, 0.2) is 59.7 Å². The van der Waals surface area contributed by atoms with Gasteiger partial charge < -0.3 is 63.1 Å². The van der Waals surface area contributed by atoms with E-state index in [1.54, 1.807) is 46.8 Å². The number of ether oxygens (including phenoxy) is 9. The van der Waals surface area contributed by atoms with E-state index in [2.05, 4.69) is 0 Å². The second-order valence-corrected chi connectivity index (χ2v) is 19.3. The molecular formula is C49H58O18. The summed E-state index contributed by atoms with van der Waals surface area (Å²) in [7, 11) is 0. The van der Waals surface area contributed by atoms with E-state index in [4.69, 9.17) is 42.6 Å². The van der Waals surface area contributed by atoms with Crippen molar-refractivity contribution >= 4 is 28.9 Å². The van der Waals surface area contributed by atoms with E-state index < -0.39 is 132 Å². The number of aliphatic hydroxyl groups excluding tert-OH is 1. The van der Waals surface area contributed by atoms with Crippen LogP contribution in [0.25, 0.3) is 0 Å². The maximum absolute atomic E-state index is 14.4. The first kappa shape index (κ1) is 47.9. The number of aromatic hydroxyl groups is 1. The molecule has 67 heavy (non-hydrogen) atoms. The topological polar surface area (TPSA) is 249 Å². The van der Waals surface area contributed by atoms with Crippen LogP contribution >= 0.6 is 0 Å². The van der Waals surface area contributed by atoms with Crippen LogP contribution in [0, 0.1) is 0 Å². The minimum Gasteiger partial charge on any atom is -0.507 e. The molecule has 0 amide bonds. The number of carbonyl (C=O) groups is 5. The van der Waals surface area contributed by atoms with E-state index in [0.29, 0.717) is 25.7 Å². The Labute approximate surface area is 386 Å². The van der Waals surface area contributed by atoms with Crippen LogP contribution < -0.4 is 0 Å². The van der Waals surface area contributed by atoms with Crippen LogP contribution in [0.1, 0.15) is 119 Å². The highest BCUT2D eigenvalue weighted by atomic mass is 16.7. The van der Waals surface area contributed by atoms with Crippen molar-refractivity contribution in [1.29, 1.82) is 0 Å². The third-order valence-corrected chi connectivity index (χ3v) is 14.4. The van der Waals surface area contributed by atoms with Crippen molar-refractivity contribution in [3.05, 3.63) is 76.4 Å². The Bertz CT molecular complexity index is 2320. The van der Waals surface area contributed by atoms with Gasteiger partial charge in [-0.15, -0.1) is 0 Å². The average molecular weight is 935 g/mol. The minimum absolute atomic E-state index is 0.0512. The molecule has 8 aliphatic rings. The molecule has 362 valence electrons. The lowest BCUT2D eigenvalue weighted by Gasteiger charge is -2.53. The molecule has 5 aliphatic heterocycles. The number of allylic oxidation sites excluding steroid dienone is 2. The van der Waals surface area contributed by atoms with Crippen molar-refractivity contribution in [3.63, 3.8) is 0 Å². The van der Waals surface area contributed by atoms with Crippen molar-refractivity contribution in [2.24, 2.45) is 0 Å². The molecule has 1 saturated carbocycles. The quantitative estimate of drug-likeness (QED) is 0.277. The summed E-state index contributed by atoms with van der Waals surface area (Å²) in [5.74, 6) is -3.57. The summed E-state index contributed by atoms with van der Waals surface area (Å²) in [4.78, 5) is 66.5. The first-order chi connectivity index (χ1) is 31.7. The maximum atomic E-state index is 14.4. The molecule has 0 aromatic heterocycles. The Morgan fingerprint density at radius 2 is 1.30 bits per heavy atom. The highest BCUT2D eigenvalue weighted by molar-refractivity contribution is 6.32. The SMILES string of the molecule is C[C@@H]1O[C@@H](O[C@@H]2CC[C@@H](O[C@H]3[C@@H](O)C[C@@H](c4ccc5c(c4O)C(=O)C4=C(C5=O)[C@]5(O)C(=O)C[C@@](C)(O[C@@H]6CC[C@H](O[C@@H]7C=CC(=O)[C@@H](C)O7)[C@@H](C)O6)C[C@]5(O)C=C4)O[C@@H]3C)O[C@@H]2C)C=CC1=O. The fraction of sp³-hybridized carbons (Fsp3) is 0.612. The summed E-state index contributed by atoms with van der Waals surface area (Å²) in [6, 6.07) is 2.70. The van der Waals surface area contributed by atoms with Crippen LogP contribution in [-0.4, -0.2) is 146 Å². The average Bonchev–Trinajstić information content (AvgIpc) is 3.26. The largest absolute Gasteiger partial charge is 0.507 e. The number of aliphatic hydroxyl groups is 3. The summed E-state index contributed by atoms with van der Waals surface area (Å²) in [5, 5.41) is 47.6. The molecule has 0 spiro atoms. The number of Topliss-reactive ketones (excluding diaryl/α,β-unsaturated/α-hetero) is 3. The van der Waals surface area contributed by atoms with Gasteiger partial charge in [-0.05, 0) is 90.8 Å². The number of phenols is 1. The van der Waals surface area contributed by atoms with Gasteiger partial charge in [0, 0.05) is 48.8 Å². The van der Waals surface area contributed by atoms with Gasteiger partial charge in [0.15, 0.2) is 59.7 Å². The fourth-order valence-corrected chi connectivity index (χ4v) is 10.7. The molecule has 0 radical (unpaired) electrons. The normalized spacial score (nSPS) is 43.3. The van der Waals surface area contributed by atoms with Crippen molar-refractivity contribution in [3.8, 4) is 5.75 Å². The smallest absolute Gasteiger partial charge is 0.198 e. The first-order valence-corrected chi connectivity index (χ1v) is 23.1. The molecule has 4 N–H and O–H groups in total. The van der Waals surface area contributed by atoms with E-state index >= 15 is 0 Å². The molecular weight excluding hydrogens is 877 g/mol. The van der Waals surface area contributed by atoms with E-state index in [9.17, 15) is 44.4 Å². The van der Waals surface area contributed by atoms with Crippen LogP contribution in [0.3, 0.4) is 0 Å². The molecule has 4 fully saturated rings. The zero-order chi connectivity index (χ0) is 47.9. The molecule has 0 unspecified atom stereocenters. The van der Waals surface area contributed by atoms with Gasteiger partial charge in [0.2, 0.25) is 0 Å². The van der Waals surface area contributed by atoms with E-state index in [-0.39, 0.29) is 52.8 Å². The van der Waals surface area contributed by atoms with Gasteiger partial charge in [0.1, 0.15) is 29.7 Å². The van der Waals surface area contributed by atoms with Gasteiger partial charge in [0.05, 0.1) is 59.5 Å². The zero-order valence-electron chi connectivity index (χ0n) is 38.2. The van der Waals surface area contributed by atoms with Crippen molar-refractivity contribution in [2.75, 3.05) is 0 Å². The van der Waals surface area contributed by atoms with Gasteiger partial charge in [-0.1, -0.05) is 12.1 Å². The van der Waals surface area contributed by atoms with Crippen LogP contribution in [0.2, 0.25) is 0 Å². The lowest BCUT2D eigenvalue weighted by atomic mass is 9.57. The monoisotopic (exact) mass is 934 g/mol. The molecule has 9 rings (SSSR count). The Morgan fingerprint density at radius 3 is 1.88 bits per heavy atom. The number of phenolic OH excluding ortho intramolecular Hbond substituents is 1. The highest BCUT2D eigenvalue weighted by Gasteiger charge is 2.67. The van der Waals surface area contributed by atoms with Crippen molar-refractivity contribution in [1.82, 2.24) is 0 Å². The summed E-state index contributed by atoms with van der Waals surface area (Å²) >= 11 is 0. The Hall–Kier alpha value is -4.15. The number of fused-ring (bicyclic) bond motifs is 3. The summed E-state index contributed by atoms with van der Waals surface area (Å²) in [6.45, 7) is 10.2. The van der Waals surface area contributed by atoms with Gasteiger partial charge in [-0.3, -0.25) is 24.0 Å². The van der Waals surface area contributed by atoms with Crippen LogP contribution in [-0.2, 0) is 57.0 Å². The van der Waals surface area contributed by atoms with Crippen LogP contribution in [0.4, 0.5) is 0 Å². The third kappa shape index (κ3) is 8.67. The standard InChI is InChI=1S/C49H58O18/c1-22-30(50)9-13-37(60-22)64-33-11-15-39(62-24(33)3)66-46-26(5)59-35(19-32(46)52)27-7-8-28-41(43(27)54)44(55)29-17-18-48(57)21-47(6,20-36(53)49(48,58)42(29)45(28)56)67-40-16-12-34(25(4)63-40)65-38-14-10-31(51)23(2)61-38/h7-10,13-14,17-18,22-26,32-35,37-40,46,52,54,57-58H,11-12,15-16,19-21H2,1-6H3/t22-,23+,24+,25+,26+,32-,33+,34-,35-,37-,38+,39+,40+,46+,47+,48+,49+/m0/s1. The summed E-state index contributed by atoms with van der Waals surface area (Å²) < 4.78 is 54.4. The summed E-state index contributed by atoms with van der Waals surface area (Å²) in [6.07, 6.45) is -0.115. The van der Waals surface area contributed by atoms with Gasteiger partial charge in [-0.25, -0.2) is 0 Å². The van der Waals surface area contributed by atoms with Gasteiger partial charge >= 0.3 is 0 Å². The number of carbonyl (C=O) groups excluding carboxylic acids is 5. The van der Waals surface area contributed by atoms with Crippen molar-refractivity contribution in [2.45, 2.75) is 189 Å². The second kappa shape index (κ2) is 18.0. The molecule has 5 heterocycles. The molecule has 17 atom stereocenters. The number of benzene rings is 1.